The molecule has 2 rings (SSSR count). The van der Waals surface area contributed by atoms with Gasteiger partial charge in [0, 0.05) is 6.54 Å². The molecule has 2 fully saturated rings. The standard InChI is InChI=1S/C16H28N2O3/c1-3-11-8-13(14(9-11)16(20)21)15(19)17-10-12-4-6-18(2)7-5-12/h11-14H,3-10H2,1-2H3,(H,17,19)(H,20,21)/t11?,13-,14+/m0/s1. The number of carboxylic acids is 1. The van der Waals surface area contributed by atoms with Gasteiger partial charge in [-0.1, -0.05) is 13.3 Å². The monoisotopic (exact) mass is 296 g/mol. The highest BCUT2D eigenvalue weighted by atomic mass is 16.4. The van der Waals surface area contributed by atoms with Crippen LogP contribution in [0.4, 0.5) is 0 Å². The first-order valence-electron chi connectivity index (χ1n) is 8.20. The Hall–Kier alpha value is -1.10. The Kier molecular flexibility index (Phi) is 5.62. The molecule has 2 aliphatic rings. The van der Waals surface area contributed by atoms with Crippen LogP contribution in [-0.2, 0) is 9.59 Å². The van der Waals surface area contributed by atoms with Gasteiger partial charge in [0.05, 0.1) is 11.8 Å². The number of carbonyl (C=O) groups excluding carboxylic acids is 1. The Balaban J connectivity index is 1.83. The lowest BCUT2D eigenvalue weighted by Gasteiger charge is -2.29. The van der Waals surface area contributed by atoms with Crippen molar-refractivity contribution in [2.75, 3.05) is 26.7 Å². The number of hydrogen-bond donors (Lipinski definition) is 2. The fourth-order valence-corrected chi connectivity index (χ4v) is 3.68. The summed E-state index contributed by atoms with van der Waals surface area (Å²) < 4.78 is 0. The third-order valence-electron chi connectivity index (χ3n) is 5.29. The quantitative estimate of drug-likeness (QED) is 0.808. The largest absolute Gasteiger partial charge is 0.481 e. The van der Waals surface area contributed by atoms with Crippen LogP contribution in [0.2, 0.25) is 0 Å². The molecule has 0 bridgehead atoms. The number of nitrogens with one attached hydrogen (secondary N) is 1. The molecule has 3 atom stereocenters. The number of carboxylic acid groups (broad SMARTS) is 1. The van der Waals surface area contributed by atoms with E-state index >= 15 is 0 Å². The maximum Gasteiger partial charge on any atom is 0.307 e. The maximum atomic E-state index is 12.3. The van der Waals surface area contributed by atoms with Crippen LogP contribution in [0, 0.1) is 23.7 Å². The molecular formula is C16H28N2O3. The van der Waals surface area contributed by atoms with Crippen molar-refractivity contribution in [1.82, 2.24) is 10.2 Å². The third-order valence-corrected chi connectivity index (χ3v) is 5.29. The van der Waals surface area contributed by atoms with E-state index in [4.69, 9.17) is 0 Å². The van der Waals surface area contributed by atoms with Crippen LogP contribution in [-0.4, -0.2) is 48.6 Å². The minimum Gasteiger partial charge on any atom is -0.481 e. The Morgan fingerprint density at radius 1 is 1.14 bits per heavy atom. The average molecular weight is 296 g/mol. The highest BCUT2D eigenvalue weighted by Crippen LogP contribution is 2.38. The van der Waals surface area contributed by atoms with Crippen molar-refractivity contribution < 1.29 is 14.7 Å². The summed E-state index contributed by atoms with van der Waals surface area (Å²) in [5.41, 5.74) is 0. The lowest BCUT2D eigenvalue weighted by atomic mass is 9.94. The maximum absolute atomic E-state index is 12.3. The number of hydrogen-bond acceptors (Lipinski definition) is 3. The molecule has 2 N–H and O–H groups in total. The normalized spacial score (nSPS) is 31.2. The Bertz CT molecular complexity index is 378. The van der Waals surface area contributed by atoms with Gasteiger partial charge < -0.3 is 15.3 Å². The summed E-state index contributed by atoms with van der Waals surface area (Å²) in [5, 5.41) is 12.3. The summed E-state index contributed by atoms with van der Waals surface area (Å²) in [4.78, 5) is 26.0. The summed E-state index contributed by atoms with van der Waals surface area (Å²) >= 11 is 0. The molecular weight excluding hydrogens is 268 g/mol. The molecule has 1 aliphatic heterocycles. The minimum absolute atomic E-state index is 0.0442. The molecule has 1 unspecified atom stereocenters. The van der Waals surface area contributed by atoms with Crippen molar-refractivity contribution >= 4 is 11.9 Å². The lowest BCUT2D eigenvalue weighted by Crippen LogP contribution is -2.40. The number of aliphatic carboxylic acids is 1. The van der Waals surface area contributed by atoms with E-state index in [0.717, 1.165) is 38.8 Å². The van der Waals surface area contributed by atoms with Gasteiger partial charge in [-0.3, -0.25) is 9.59 Å². The first-order valence-corrected chi connectivity index (χ1v) is 8.20. The number of likely N-dealkylation sites (tertiary alicyclic amines) is 1. The van der Waals surface area contributed by atoms with E-state index in [1.54, 1.807) is 0 Å². The average Bonchev–Trinajstić information content (AvgIpc) is 2.91. The van der Waals surface area contributed by atoms with E-state index in [1.165, 1.54) is 0 Å². The fraction of sp³-hybridized carbons (Fsp3) is 0.875. The van der Waals surface area contributed by atoms with Crippen LogP contribution in [0.25, 0.3) is 0 Å². The van der Waals surface area contributed by atoms with Gasteiger partial charge in [-0.25, -0.2) is 0 Å². The van der Waals surface area contributed by atoms with Crippen LogP contribution in [0.15, 0.2) is 0 Å². The molecule has 0 spiro atoms. The summed E-state index contributed by atoms with van der Waals surface area (Å²) in [6, 6.07) is 0. The predicted molar refractivity (Wildman–Crippen MR) is 80.9 cm³/mol. The molecule has 5 heteroatoms. The van der Waals surface area contributed by atoms with Crippen LogP contribution >= 0.6 is 0 Å². The van der Waals surface area contributed by atoms with Gasteiger partial charge in [0.2, 0.25) is 5.91 Å². The second-order valence-corrected chi connectivity index (χ2v) is 6.79. The van der Waals surface area contributed by atoms with Crippen LogP contribution < -0.4 is 5.32 Å². The van der Waals surface area contributed by atoms with Crippen LogP contribution in [0.5, 0.6) is 0 Å². The van der Waals surface area contributed by atoms with Crippen molar-refractivity contribution in [2.24, 2.45) is 23.7 Å². The molecule has 1 aliphatic carbocycles. The zero-order chi connectivity index (χ0) is 15.4. The first kappa shape index (κ1) is 16.3. The van der Waals surface area contributed by atoms with Gasteiger partial charge in [0.15, 0.2) is 0 Å². The van der Waals surface area contributed by atoms with Gasteiger partial charge in [-0.2, -0.15) is 0 Å². The molecule has 21 heavy (non-hydrogen) atoms. The summed E-state index contributed by atoms with van der Waals surface area (Å²) in [6.45, 7) is 4.94. The number of nitrogens with zero attached hydrogens (tertiary/aromatic N) is 1. The van der Waals surface area contributed by atoms with Crippen molar-refractivity contribution in [3.63, 3.8) is 0 Å². The summed E-state index contributed by atoms with van der Waals surface area (Å²) in [7, 11) is 2.12. The van der Waals surface area contributed by atoms with E-state index in [9.17, 15) is 14.7 Å². The lowest BCUT2D eigenvalue weighted by molar-refractivity contribution is -0.146. The zero-order valence-electron chi connectivity index (χ0n) is 13.2. The van der Waals surface area contributed by atoms with Crippen LogP contribution in [0.1, 0.15) is 39.0 Å². The number of amides is 1. The predicted octanol–water partition coefficient (Wildman–Crippen LogP) is 1.58. The third kappa shape index (κ3) is 4.19. The molecule has 0 radical (unpaired) electrons. The number of piperidine rings is 1. The number of carbonyl (C=O) groups is 2. The molecule has 1 heterocycles. The van der Waals surface area contributed by atoms with E-state index in [0.29, 0.717) is 24.8 Å². The van der Waals surface area contributed by atoms with E-state index < -0.39 is 11.9 Å². The molecule has 1 amide bonds. The topological polar surface area (TPSA) is 69.6 Å². The van der Waals surface area contributed by atoms with Gasteiger partial charge in [-0.05, 0) is 57.7 Å². The van der Waals surface area contributed by atoms with Crippen molar-refractivity contribution in [1.29, 1.82) is 0 Å². The zero-order valence-corrected chi connectivity index (χ0v) is 13.2. The van der Waals surface area contributed by atoms with Crippen molar-refractivity contribution in [2.45, 2.75) is 39.0 Å². The van der Waals surface area contributed by atoms with Gasteiger partial charge in [0.1, 0.15) is 0 Å². The van der Waals surface area contributed by atoms with Gasteiger partial charge in [0.25, 0.3) is 0 Å². The first-order chi connectivity index (χ1) is 10.0. The molecule has 1 saturated carbocycles. The van der Waals surface area contributed by atoms with Gasteiger partial charge >= 0.3 is 5.97 Å². The smallest absolute Gasteiger partial charge is 0.307 e. The minimum atomic E-state index is -0.814. The second kappa shape index (κ2) is 7.25. The highest BCUT2D eigenvalue weighted by molar-refractivity contribution is 5.85. The van der Waals surface area contributed by atoms with E-state index in [-0.39, 0.29) is 11.8 Å². The molecule has 120 valence electrons. The van der Waals surface area contributed by atoms with E-state index in [1.807, 2.05) is 0 Å². The Morgan fingerprint density at radius 2 is 1.76 bits per heavy atom. The van der Waals surface area contributed by atoms with E-state index in [2.05, 4.69) is 24.2 Å². The Labute approximate surface area is 127 Å². The molecule has 0 aromatic carbocycles. The SMILES string of the molecule is CCC1C[C@H](C(=O)NCC2CCN(C)CC2)[C@H](C(=O)O)C1. The summed E-state index contributed by atoms with van der Waals surface area (Å²) in [5.74, 6) is -0.768. The second-order valence-electron chi connectivity index (χ2n) is 6.79. The fourth-order valence-electron chi connectivity index (χ4n) is 3.68. The molecule has 0 aromatic heterocycles. The highest BCUT2D eigenvalue weighted by Gasteiger charge is 2.42. The number of rotatable bonds is 5. The summed E-state index contributed by atoms with van der Waals surface area (Å²) in [6.07, 6.45) is 4.57. The van der Waals surface area contributed by atoms with Crippen molar-refractivity contribution in [3.8, 4) is 0 Å². The Morgan fingerprint density at radius 3 is 2.33 bits per heavy atom. The molecule has 0 aromatic rings. The van der Waals surface area contributed by atoms with Crippen LogP contribution in [0.3, 0.4) is 0 Å². The van der Waals surface area contributed by atoms with Gasteiger partial charge in [-0.15, -0.1) is 0 Å². The molecule has 1 saturated heterocycles. The molecule has 5 nitrogen and oxygen atoms in total. The van der Waals surface area contributed by atoms with Crippen molar-refractivity contribution in [3.05, 3.63) is 0 Å².